The van der Waals surface area contributed by atoms with Gasteiger partial charge in [-0.1, -0.05) is 72.8 Å². The quantitative estimate of drug-likeness (QED) is 0.182. The third-order valence-electron chi connectivity index (χ3n) is 10.9. The maximum Gasteiger partial charge on any atom is 0.0571 e. The molecule has 0 radical (unpaired) electrons. The van der Waals surface area contributed by atoms with E-state index < -0.39 is 0 Å². The van der Waals surface area contributed by atoms with E-state index in [0.29, 0.717) is 0 Å². The van der Waals surface area contributed by atoms with Gasteiger partial charge in [-0.3, -0.25) is 4.98 Å². The Balaban J connectivity index is 1.16. The van der Waals surface area contributed by atoms with E-state index in [0.717, 1.165) is 22.3 Å². The normalized spacial score (nSPS) is 12.2. The van der Waals surface area contributed by atoms with Gasteiger partial charge in [-0.2, -0.15) is 0 Å². The van der Waals surface area contributed by atoms with Crippen LogP contribution in [0.1, 0.15) is 0 Å². The maximum atomic E-state index is 4.56. The van der Waals surface area contributed by atoms with E-state index >= 15 is 0 Å². The minimum absolute atomic E-state index is 1.13. The smallest absolute Gasteiger partial charge is 0.0571 e. The molecule has 0 amide bonds. The van der Waals surface area contributed by atoms with Gasteiger partial charge in [0.1, 0.15) is 0 Å². The predicted octanol–water partition coefficient (Wildman–Crippen LogP) is 12.7. The van der Waals surface area contributed by atoms with E-state index in [-0.39, 0.29) is 0 Å². The van der Waals surface area contributed by atoms with Crippen LogP contribution in [0, 0.1) is 0 Å². The number of fused-ring (bicyclic) bond motifs is 13. The lowest BCUT2D eigenvalue weighted by atomic mass is 10.1. The van der Waals surface area contributed by atoms with Crippen molar-refractivity contribution < 1.29 is 0 Å². The van der Waals surface area contributed by atoms with Crippen molar-refractivity contribution in [1.29, 1.82) is 0 Å². The van der Waals surface area contributed by atoms with Crippen LogP contribution in [0.4, 0.5) is 0 Å². The molecule has 242 valence electrons. The minimum Gasteiger partial charge on any atom is -0.309 e. The summed E-state index contributed by atoms with van der Waals surface area (Å²) in [5.41, 5.74) is 10.6. The number of thiophene rings is 1. The fraction of sp³-hybridized carbons (Fsp3) is 0. The van der Waals surface area contributed by atoms with Crippen molar-refractivity contribution >= 4 is 96.9 Å². The van der Waals surface area contributed by atoms with Gasteiger partial charge in [0.15, 0.2) is 0 Å². The molecule has 0 saturated carbocycles. The molecule has 0 bridgehead atoms. The van der Waals surface area contributed by atoms with Gasteiger partial charge in [-0.25, -0.2) is 0 Å². The molecule has 0 unspecified atom stereocenters. The lowest BCUT2D eigenvalue weighted by Gasteiger charge is -2.11. The third kappa shape index (κ3) is 3.72. The van der Waals surface area contributed by atoms with Crippen LogP contribution in [-0.2, 0) is 0 Å². The van der Waals surface area contributed by atoms with Gasteiger partial charge >= 0.3 is 0 Å². The molecule has 0 saturated heterocycles. The highest BCUT2D eigenvalue weighted by atomic mass is 32.1. The average Bonchev–Trinajstić information content (AvgIpc) is 3.94. The van der Waals surface area contributed by atoms with E-state index in [1.807, 2.05) is 23.7 Å². The number of hydrogen-bond acceptors (Lipinski definition) is 2. The Morgan fingerprint density at radius 2 is 0.865 bits per heavy atom. The van der Waals surface area contributed by atoms with Gasteiger partial charge < -0.3 is 13.7 Å². The van der Waals surface area contributed by atoms with Gasteiger partial charge in [-0.05, 0) is 84.9 Å². The summed E-state index contributed by atoms with van der Waals surface area (Å²) in [6, 6.07) is 57.7. The first-order valence-corrected chi connectivity index (χ1v) is 18.4. The first kappa shape index (κ1) is 28.1. The summed E-state index contributed by atoms with van der Waals surface area (Å²) in [6.07, 6.45) is 3.89. The highest BCUT2D eigenvalue weighted by Gasteiger charge is 2.22. The van der Waals surface area contributed by atoms with E-state index in [9.17, 15) is 0 Å². The summed E-state index contributed by atoms with van der Waals surface area (Å²) in [7, 11) is 0. The van der Waals surface area contributed by atoms with Crippen LogP contribution in [0.3, 0.4) is 0 Å². The number of hydrogen-bond donors (Lipinski definition) is 0. The molecule has 0 aliphatic heterocycles. The molecule has 0 aliphatic carbocycles. The summed E-state index contributed by atoms with van der Waals surface area (Å²) in [5.74, 6) is 0. The summed E-state index contributed by atoms with van der Waals surface area (Å²) < 4.78 is 9.89. The first-order valence-electron chi connectivity index (χ1n) is 17.6. The SMILES string of the molecule is c1ccc(-n2c3ccncc3c3cc(-n4c5ccccc5c5c6c7ccccc7n(-c7ccc8sc9ccccc9c8c7)c6ccc54)ccc32)cc1. The molecule has 0 fully saturated rings. The van der Waals surface area contributed by atoms with E-state index in [1.54, 1.807) is 0 Å². The fourth-order valence-corrected chi connectivity index (χ4v) is 9.86. The highest BCUT2D eigenvalue weighted by Crippen LogP contribution is 2.44. The highest BCUT2D eigenvalue weighted by molar-refractivity contribution is 7.25. The van der Waals surface area contributed by atoms with Crippen molar-refractivity contribution in [3.8, 4) is 17.1 Å². The Morgan fingerprint density at radius 3 is 1.60 bits per heavy atom. The molecule has 0 atom stereocenters. The van der Waals surface area contributed by atoms with Crippen molar-refractivity contribution in [3.05, 3.63) is 170 Å². The largest absolute Gasteiger partial charge is 0.309 e. The average molecular weight is 681 g/mol. The molecule has 5 aromatic heterocycles. The van der Waals surface area contributed by atoms with Gasteiger partial charge in [-0.15, -0.1) is 11.3 Å². The molecule has 12 rings (SSSR count). The second-order valence-corrected chi connectivity index (χ2v) is 14.7. The second-order valence-electron chi connectivity index (χ2n) is 13.6. The number of benzene rings is 7. The topological polar surface area (TPSA) is 27.7 Å². The Kier molecular flexibility index (Phi) is 5.62. The molecule has 52 heavy (non-hydrogen) atoms. The van der Waals surface area contributed by atoms with Crippen LogP contribution in [0.15, 0.2) is 170 Å². The number of pyridine rings is 1. The molecule has 0 spiro atoms. The van der Waals surface area contributed by atoms with E-state index in [2.05, 4.69) is 176 Å². The van der Waals surface area contributed by atoms with Gasteiger partial charge in [0, 0.05) is 81.9 Å². The van der Waals surface area contributed by atoms with E-state index in [4.69, 9.17) is 0 Å². The summed E-state index contributed by atoms with van der Waals surface area (Å²) >= 11 is 1.86. The second kappa shape index (κ2) is 10.4. The third-order valence-corrected chi connectivity index (χ3v) is 12.1. The lowest BCUT2D eigenvalue weighted by Crippen LogP contribution is -1.96. The number of aromatic nitrogens is 4. The summed E-state index contributed by atoms with van der Waals surface area (Å²) in [4.78, 5) is 4.56. The van der Waals surface area contributed by atoms with Crippen LogP contribution in [0.5, 0.6) is 0 Å². The van der Waals surface area contributed by atoms with Crippen molar-refractivity contribution in [2.24, 2.45) is 0 Å². The van der Waals surface area contributed by atoms with Crippen LogP contribution in [-0.4, -0.2) is 18.7 Å². The molecule has 7 aromatic carbocycles. The van der Waals surface area contributed by atoms with Crippen molar-refractivity contribution in [3.63, 3.8) is 0 Å². The molecular formula is C47H28N4S. The molecule has 0 aliphatic rings. The molecule has 0 N–H and O–H groups in total. The Morgan fingerprint density at radius 1 is 0.346 bits per heavy atom. The van der Waals surface area contributed by atoms with Gasteiger partial charge in [0.2, 0.25) is 0 Å². The Labute approximate surface area is 301 Å². The van der Waals surface area contributed by atoms with Crippen molar-refractivity contribution in [1.82, 2.24) is 18.7 Å². The molecule has 5 heterocycles. The monoisotopic (exact) mass is 680 g/mol. The van der Waals surface area contributed by atoms with Crippen LogP contribution in [0.2, 0.25) is 0 Å². The van der Waals surface area contributed by atoms with E-state index in [1.165, 1.54) is 80.4 Å². The Hall–Kier alpha value is -6.69. The minimum atomic E-state index is 1.13. The van der Waals surface area contributed by atoms with Crippen molar-refractivity contribution in [2.75, 3.05) is 0 Å². The first-order chi connectivity index (χ1) is 25.8. The van der Waals surface area contributed by atoms with Crippen LogP contribution in [0.25, 0.3) is 103 Å². The fourth-order valence-electron chi connectivity index (χ4n) is 8.78. The molecule has 5 heteroatoms. The van der Waals surface area contributed by atoms with Gasteiger partial charge in [0.25, 0.3) is 0 Å². The standard InChI is InChI=1S/C47H28N4S/c1-2-10-29(11-3-1)49-40-20-18-30(26-35(40)37-28-48-25-24-41(37)49)50-38-15-7-4-13-33(38)46-42(50)21-22-43-47(46)34-14-5-8-16-39(34)51(43)31-19-23-45-36(27-31)32-12-6-9-17-44(32)52-45/h1-28H. The number of nitrogens with zero attached hydrogens (tertiary/aromatic N) is 4. The molecular weight excluding hydrogens is 653 g/mol. The molecule has 4 nitrogen and oxygen atoms in total. The zero-order valence-electron chi connectivity index (χ0n) is 27.9. The number of para-hydroxylation sites is 3. The predicted molar refractivity (Wildman–Crippen MR) is 220 cm³/mol. The zero-order chi connectivity index (χ0) is 33.9. The Bertz CT molecular complexity index is 3410. The molecule has 12 aromatic rings. The summed E-state index contributed by atoms with van der Waals surface area (Å²) in [6.45, 7) is 0. The summed E-state index contributed by atoms with van der Waals surface area (Å²) in [5, 5.41) is 10.0. The maximum absolute atomic E-state index is 4.56. The lowest BCUT2D eigenvalue weighted by molar-refractivity contribution is 1.16. The van der Waals surface area contributed by atoms with Crippen LogP contribution >= 0.6 is 11.3 Å². The number of rotatable bonds is 3. The van der Waals surface area contributed by atoms with Crippen LogP contribution < -0.4 is 0 Å². The zero-order valence-corrected chi connectivity index (χ0v) is 28.7. The van der Waals surface area contributed by atoms with Gasteiger partial charge in [0.05, 0.1) is 33.1 Å². The van der Waals surface area contributed by atoms with Crippen molar-refractivity contribution in [2.45, 2.75) is 0 Å².